The molecule has 2 rings (SSSR count). The van der Waals surface area contributed by atoms with Gasteiger partial charge >= 0.3 is 0 Å². The number of aromatic nitrogens is 2. The molecule has 0 bridgehead atoms. The molecule has 2 N–H and O–H groups in total. The van der Waals surface area contributed by atoms with Crippen LogP contribution in [0.4, 0.5) is 5.69 Å². The fourth-order valence-electron chi connectivity index (χ4n) is 1.91. The summed E-state index contributed by atoms with van der Waals surface area (Å²) in [5.41, 5.74) is 9.96. The fourth-order valence-corrected chi connectivity index (χ4v) is 1.91. The van der Waals surface area contributed by atoms with Crippen molar-refractivity contribution in [2.24, 2.45) is 5.73 Å². The second-order valence-electron chi connectivity index (χ2n) is 4.34. The largest absolute Gasteiger partial charge is 0.368 e. The van der Waals surface area contributed by atoms with E-state index in [1.54, 1.807) is 0 Å². The van der Waals surface area contributed by atoms with Crippen molar-refractivity contribution in [2.75, 3.05) is 11.9 Å². The Bertz CT molecular complexity index is 510. The third-order valence-electron chi connectivity index (χ3n) is 2.86. The topological polar surface area (TPSA) is 55.0 Å². The maximum Gasteiger partial charge on any atom is 0.0598 e. The van der Waals surface area contributed by atoms with Crippen molar-refractivity contribution in [1.82, 2.24) is 9.97 Å². The lowest BCUT2D eigenvalue weighted by molar-refractivity contribution is 0.866. The second kappa shape index (κ2) is 5.60. The summed E-state index contributed by atoms with van der Waals surface area (Å²) in [6, 6.07) is 8.00. The Morgan fingerprint density at radius 1 is 1.28 bits per heavy atom. The molecule has 18 heavy (non-hydrogen) atoms. The van der Waals surface area contributed by atoms with Gasteiger partial charge in [0.05, 0.1) is 12.2 Å². The Balaban J connectivity index is 2.23. The quantitative estimate of drug-likeness (QED) is 0.889. The van der Waals surface area contributed by atoms with Crippen LogP contribution in [-0.2, 0) is 13.1 Å². The van der Waals surface area contributed by atoms with Crippen LogP contribution < -0.4 is 10.6 Å². The lowest BCUT2D eigenvalue weighted by Gasteiger charge is -2.22. The Morgan fingerprint density at radius 3 is 2.78 bits per heavy atom. The minimum absolute atomic E-state index is 0.495. The molecule has 94 valence electrons. The smallest absolute Gasteiger partial charge is 0.0598 e. The van der Waals surface area contributed by atoms with Gasteiger partial charge in [0.1, 0.15) is 0 Å². The summed E-state index contributed by atoms with van der Waals surface area (Å²) in [6.07, 6.45) is 3.66. The summed E-state index contributed by atoms with van der Waals surface area (Å²) in [4.78, 5) is 10.8. The van der Waals surface area contributed by atoms with Gasteiger partial charge in [-0.15, -0.1) is 0 Å². The fraction of sp³-hybridized carbons (Fsp3) is 0.286. The van der Waals surface area contributed by atoms with E-state index >= 15 is 0 Å². The zero-order chi connectivity index (χ0) is 13.0. The van der Waals surface area contributed by atoms with E-state index < -0.39 is 0 Å². The van der Waals surface area contributed by atoms with Crippen molar-refractivity contribution in [1.29, 1.82) is 0 Å². The number of nitrogens with two attached hydrogens (primary N) is 1. The molecule has 0 atom stereocenters. The van der Waals surface area contributed by atoms with Gasteiger partial charge in [0.2, 0.25) is 0 Å². The maximum atomic E-state index is 5.75. The maximum absolute atomic E-state index is 5.75. The zero-order valence-electron chi connectivity index (χ0n) is 10.8. The summed E-state index contributed by atoms with van der Waals surface area (Å²) in [7, 11) is 2.04. The van der Waals surface area contributed by atoms with Gasteiger partial charge in [-0.3, -0.25) is 9.97 Å². The molecular weight excluding hydrogens is 224 g/mol. The molecule has 0 aliphatic carbocycles. The molecule has 0 saturated carbocycles. The molecule has 2 aromatic rings. The molecule has 4 nitrogen and oxygen atoms in total. The van der Waals surface area contributed by atoms with E-state index in [4.69, 9.17) is 5.73 Å². The van der Waals surface area contributed by atoms with Gasteiger partial charge in [0.15, 0.2) is 0 Å². The first-order valence-electron chi connectivity index (χ1n) is 5.97. The Morgan fingerprint density at radius 2 is 2.11 bits per heavy atom. The Labute approximate surface area is 107 Å². The SMILES string of the molecule is Cc1cc(N(C)Cc2ccccn2)c(CN)cn1. The van der Waals surface area contributed by atoms with E-state index in [1.807, 2.05) is 44.6 Å². The number of pyridine rings is 2. The highest BCUT2D eigenvalue weighted by Gasteiger charge is 2.08. The van der Waals surface area contributed by atoms with Crippen molar-refractivity contribution in [3.63, 3.8) is 0 Å². The van der Waals surface area contributed by atoms with E-state index in [0.717, 1.165) is 29.2 Å². The van der Waals surface area contributed by atoms with Crippen LogP contribution in [0.1, 0.15) is 17.0 Å². The van der Waals surface area contributed by atoms with E-state index in [2.05, 4.69) is 20.9 Å². The molecule has 0 saturated heterocycles. The molecular formula is C14H18N4. The highest BCUT2D eigenvalue weighted by Crippen LogP contribution is 2.20. The Kier molecular flexibility index (Phi) is 3.89. The van der Waals surface area contributed by atoms with Crippen molar-refractivity contribution in [3.8, 4) is 0 Å². The van der Waals surface area contributed by atoms with Gasteiger partial charge < -0.3 is 10.6 Å². The monoisotopic (exact) mass is 242 g/mol. The summed E-state index contributed by atoms with van der Waals surface area (Å²) in [5, 5.41) is 0. The van der Waals surface area contributed by atoms with Crippen LogP contribution in [0.3, 0.4) is 0 Å². The molecule has 4 heteroatoms. The van der Waals surface area contributed by atoms with Crippen LogP contribution in [0, 0.1) is 6.92 Å². The van der Waals surface area contributed by atoms with Crippen molar-refractivity contribution < 1.29 is 0 Å². The summed E-state index contributed by atoms with van der Waals surface area (Å²) in [6.45, 7) is 3.24. The second-order valence-corrected chi connectivity index (χ2v) is 4.34. The minimum Gasteiger partial charge on any atom is -0.368 e. The van der Waals surface area contributed by atoms with Gasteiger partial charge in [-0.25, -0.2) is 0 Å². The normalized spacial score (nSPS) is 10.4. The van der Waals surface area contributed by atoms with Crippen LogP contribution in [0.2, 0.25) is 0 Å². The third kappa shape index (κ3) is 2.84. The van der Waals surface area contributed by atoms with Gasteiger partial charge in [-0.2, -0.15) is 0 Å². The molecule has 0 aliphatic rings. The number of aryl methyl sites for hydroxylation is 1. The number of nitrogens with zero attached hydrogens (tertiary/aromatic N) is 3. The van der Waals surface area contributed by atoms with Gasteiger partial charge in [-0.1, -0.05) is 6.07 Å². The molecule has 0 unspecified atom stereocenters. The molecule has 2 heterocycles. The number of hydrogen-bond donors (Lipinski definition) is 1. The van der Waals surface area contributed by atoms with Crippen molar-refractivity contribution in [3.05, 3.63) is 53.6 Å². The molecule has 0 fully saturated rings. The van der Waals surface area contributed by atoms with Gasteiger partial charge in [0, 0.05) is 42.9 Å². The molecule has 0 amide bonds. The summed E-state index contributed by atoms with van der Waals surface area (Å²) in [5.74, 6) is 0. The first-order valence-corrected chi connectivity index (χ1v) is 5.97. The van der Waals surface area contributed by atoms with Crippen molar-refractivity contribution >= 4 is 5.69 Å². The predicted octanol–water partition coefficient (Wildman–Crippen LogP) is 1.88. The average molecular weight is 242 g/mol. The molecule has 0 radical (unpaired) electrons. The zero-order valence-corrected chi connectivity index (χ0v) is 10.8. The van der Waals surface area contributed by atoms with Gasteiger partial charge in [0.25, 0.3) is 0 Å². The minimum atomic E-state index is 0.495. The van der Waals surface area contributed by atoms with E-state index in [1.165, 1.54) is 0 Å². The highest BCUT2D eigenvalue weighted by atomic mass is 15.1. The van der Waals surface area contributed by atoms with Crippen LogP contribution >= 0.6 is 0 Å². The lowest BCUT2D eigenvalue weighted by Crippen LogP contribution is -2.20. The van der Waals surface area contributed by atoms with Gasteiger partial charge in [-0.05, 0) is 25.1 Å². The van der Waals surface area contributed by atoms with Crippen LogP contribution in [0.25, 0.3) is 0 Å². The van der Waals surface area contributed by atoms with E-state index in [0.29, 0.717) is 6.54 Å². The first-order chi connectivity index (χ1) is 8.70. The number of rotatable bonds is 4. The number of anilines is 1. The molecule has 2 aromatic heterocycles. The molecule has 0 spiro atoms. The predicted molar refractivity (Wildman–Crippen MR) is 73.2 cm³/mol. The molecule has 0 aromatic carbocycles. The first kappa shape index (κ1) is 12.5. The van der Waals surface area contributed by atoms with Crippen LogP contribution in [0.5, 0.6) is 0 Å². The summed E-state index contributed by atoms with van der Waals surface area (Å²) < 4.78 is 0. The highest BCUT2D eigenvalue weighted by molar-refractivity contribution is 5.53. The summed E-state index contributed by atoms with van der Waals surface area (Å²) >= 11 is 0. The van der Waals surface area contributed by atoms with Crippen LogP contribution in [-0.4, -0.2) is 17.0 Å². The van der Waals surface area contributed by atoms with Crippen molar-refractivity contribution in [2.45, 2.75) is 20.0 Å². The van der Waals surface area contributed by atoms with E-state index in [9.17, 15) is 0 Å². The third-order valence-corrected chi connectivity index (χ3v) is 2.86. The van der Waals surface area contributed by atoms with Crippen LogP contribution in [0.15, 0.2) is 36.7 Å². The molecule has 0 aliphatic heterocycles. The average Bonchev–Trinajstić information content (AvgIpc) is 2.40. The number of hydrogen-bond acceptors (Lipinski definition) is 4. The van der Waals surface area contributed by atoms with E-state index in [-0.39, 0.29) is 0 Å². The Hall–Kier alpha value is -1.94. The standard InChI is InChI=1S/C14H18N4/c1-11-7-14(12(8-15)9-17-11)18(2)10-13-5-3-4-6-16-13/h3-7,9H,8,10,15H2,1-2H3. The lowest BCUT2D eigenvalue weighted by atomic mass is 10.2.